The number of rotatable bonds is 6. The summed E-state index contributed by atoms with van der Waals surface area (Å²) in [6, 6.07) is 11.2. The predicted octanol–water partition coefficient (Wildman–Crippen LogP) is 3.04. The van der Waals surface area contributed by atoms with Gasteiger partial charge in [-0.25, -0.2) is 4.98 Å². The van der Waals surface area contributed by atoms with E-state index in [2.05, 4.69) is 15.4 Å². The molecule has 1 aromatic carbocycles. The summed E-state index contributed by atoms with van der Waals surface area (Å²) < 4.78 is 6.81. The van der Waals surface area contributed by atoms with Gasteiger partial charge in [0.1, 0.15) is 11.9 Å². The van der Waals surface area contributed by atoms with Crippen LogP contribution in [0.15, 0.2) is 42.6 Å². The highest BCUT2D eigenvalue weighted by Crippen LogP contribution is 2.17. The van der Waals surface area contributed by atoms with Gasteiger partial charge in [-0.2, -0.15) is 0 Å². The van der Waals surface area contributed by atoms with Crippen LogP contribution in [0.2, 0.25) is 0 Å². The van der Waals surface area contributed by atoms with Crippen LogP contribution in [0.5, 0.6) is 5.75 Å². The van der Waals surface area contributed by atoms with Crippen LogP contribution in [-0.4, -0.2) is 25.6 Å². The zero-order valence-corrected chi connectivity index (χ0v) is 13.3. The van der Waals surface area contributed by atoms with E-state index in [0.29, 0.717) is 18.0 Å². The van der Waals surface area contributed by atoms with Crippen LogP contribution in [0.3, 0.4) is 0 Å². The Morgan fingerprint density at radius 1 is 1.25 bits per heavy atom. The second-order valence-corrected chi connectivity index (χ2v) is 5.53. The number of hydrogen-bond acceptors (Lipinski definition) is 6. The standard InChI is InChI=1S/C16H17N5O3/c1-11(2)24-13-5-3-12(4-6-13)9-17-14-7-8-15-18-10-16(21(22)23)20(15)19-14/h3-8,10-11H,9H2,1-2H3,(H,17,19). The number of ether oxygens (including phenoxy) is 1. The minimum atomic E-state index is -0.510. The summed E-state index contributed by atoms with van der Waals surface area (Å²) in [6.07, 6.45) is 1.33. The normalized spacial score (nSPS) is 11.0. The molecule has 8 heteroatoms. The van der Waals surface area contributed by atoms with Crippen molar-refractivity contribution in [1.82, 2.24) is 14.6 Å². The second-order valence-electron chi connectivity index (χ2n) is 5.53. The average molecular weight is 327 g/mol. The van der Waals surface area contributed by atoms with Crippen LogP contribution in [0.4, 0.5) is 11.6 Å². The van der Waals surface area contributed by atoms with Crippen LogP contribution in [0, 0.1) is 10.1 Å². The fourth-order valence-corrected chi connectivity index (χ4v) is 2.23. The second kappa shape index (κ2) is 6.53. The fourth-order valence-electron chi connectivity index (χ4n) is 2.23. The molecular formula is C16H17N5O3. The Balaban J connectivity index is 1.71. The number of benzene rings is 1. The topological polar surface area (TPSA) is 94.6 Å². The molecule has 0 amide bonds. The maximum Gasteiger partial charge on any atom is 0.368 e. The number of nitrogens with one attached hydrogen (secondary N) is 1. The van der Waals surface area contributed by atoms with Gasteiger partial charge in [0.2, 0.25) is 5.65 Å². The lowest BCUT2D eigenvalue weighted by atomic mass is 10.2. The van der Waals surface area contributed by atoms with Crippen molar-refractivity contribution < 1.29 is 9.66 Å². The molecular weight excluding hydrogens is 310 g/mol. The molecule has 0 saturated heterocycles. The van der Waals surface area contributed by atoms with E-state index in [9.17, 15) is 10.1 Å². The largest absolute Gasteiger partial charge is 0.491 e. The third-order valence-corrected chi connectivity index (χ3v) is 3.30. The first-order valence-corrected chi connectivity index (χ1v) is 7.51. The number of imidazole rings is 1. The highest BCUT2D eigenvalue weighted by molar-refractivity contribution is 5.48. The van der Waals surface area contributed by atoms with Crippen LogP contribution < -0.4 is 10.1 Å². The Morgan fingerprint density at radius 3 is 2.67 bits per heavy atom. The monoisotopic (exact) mass is 327 g/mol. The molecule has 1 N–H and O–H groups in total. The van der Waals surface area contributed by atoms with Crippen molar-refractivity contribution in [2.45, 2.75) is 26.5 Å². The van der Waals surface area contributed by atoms with Gasteiger partial charge in [0.25, 0.3) is 0 Å². The summed E-state index contributed by atoms with van der Waals surface area (Å²) in [7, 11) is 0. The molecule has 0 aliphatic carbocycles. The molecule has 0 aliphatic rings. The minimum Gasteiger partial charge on any atom is -0.491 e. The van der Waals surface area contributed by atoms with E-state index in [1.54, 1.807) is 12.1 Å². The van der Waals surface area contributed by atoms with Gasteiger partial charge in [0, 0.05) is 12.6 Å². The Hall–Kier alpha value is -3.16. The van der Waals surface area contributed by atoms with Gasteiger partial charge in [-0.1, -0.05) is 21.7 Å². The molecule has 3 rings (SSSR count). The van der Waals surface area contributed by atoms with Crippen molar-refractivity contribution in [3.8, 4) is 5.75 Å². The quantitative estimate of drug-likeness (QED) is 0.552. The van der Waals surface area contributed by atoms with E-state index in [-0.39, 0.29) is 11.9 Å². The first-order chi connectivity index (χ1) is 11.5. The van der Waals surface area contributed by atoms with Crippen molar-refractivity contribution in [1.29, 1.82) is 0 Å². The van der Waals surface area contributed by atoms with Crippen molar-refractivity contribution >= 4 is 17.3 Å². The van der Waals surface area contributed by atoms with E-state index in [4.69, 9.17) is 4.74 Å². The van der Waals surface area contributed by atoms with Gasteiger partial charge in [0.05, 0.1) is 6.10 Å². The zero-order valence-electron chi connectivity index (χ0n) is 13.3. The smallest absolute Gasteiger partial charge is 0.368 e. The molecule has 0 radical (unpaired) electrons. The molecule has 8 nitrogen and oxygen atoms in total. The van der Waals surface area contributed by atoms with Crippen LogP contribution in [0.25, 0.3) is 5.65 Å². The third-order valence-electron chi connectivity index (χ3n) is 3.30. The highest BCUT2D eigenvalue weighted by atomic mass is 16.6. The third kappa shape index (κ3) is 3.43. The molecule has 0 fully saturated rings. The van der Waals surface area contributed by atoms with Gasteiger partial charge in [-0.15, -0.1) is 0 Å². The molecule has 0 saturated carbocycles. The summed E-state index contributed by atoms with van der Waals surface area (Å²) in [5.74, 6) is 1.19. The minimum absolute atomic E-state index is 0.135. The molecule has 24 heavy (non-hydrogen) atoms. The molecule has 124 valence electrons. The van der Waals surface area contributed by atoms with E-state index < -0.39 is 4.92 Å². The van der Waals surface area contributed by atoms with Crippen LogP contribution in [0.1, 0.15) is 19.4 Å². The van der Waals surface area contributed by atoms with E-state index >= 15 is 0 Å². The van der Waals surface area contributed by atoms with E-state index in [0.717, 1.165) is 11.3 Å². The van der Waals surface area contributed by atoms with Crippen molar-refractivity contribution in [3.63, 3.8) is 0 Å². The molecule has 0 spiro atoms. The maximum absolute atomic E-state index is 10.9. The number of anilines is 1. The maximum atomic E-state index is 10.9. The molecule has 0 unspecified atom stereocenters. The average Bonchev–Trinajstić information content (AvgIpc) is 2.97. The first kappa shape index (κ1) is 15.7. The molecule has 0 aliphatic heterocycles. The van der Waals surface area contributed by atoms with Crippen LogP contribution >= 0.6 is 0 Å². The predicted molar refractivity (Wildman–Crippen MR) is 89.2 cm³/mol. The van der Waals surface area contributed by atoms with Crippen LogP contribution in [-0.2, 0) is 6.54 Å². The summed E-state index contributed by atoms with van der Waals surface area (Å²) in [5, 5.41) is 18.3. The molecule has 2 aromatic heterocycles. The lowest BCUT2D eigenvalue weighted by Gasteiger charge is -2.10. The zero-order chi connectivity index (χ0) is 17.1. The lowest BCUT2D eigenvalue weighted by Crippen LogP contribution is -2.06. The molecule has 0 atom stereocenters. The Morgan fingerprint density at radius 2 is 2.00 bits per heavy atom. The summed E-state index contributed by atoms with van der Waals surface area (Å²) >= 11 is 0. The summed E-state index contributed by atoms with van der Waals surface area (Å²) in [5.41, 5.74) is 1.48. The van der Waals surface area contributed by atoms with Crippen molar-refractivity contribution in [2.24, 2.45) is 0 Å². The summed E-state index contributed by atoms with van der Waals surface area (Å²) in [6.45, 7) is 4.50. The number of hydrogen-bond donors (Lipinski definition) is 1. The van der Waals surface area contributed by atoms with Gasteiger partial charge in [0.15, 0.2) is 5.82 Å². The Kier molecular flexibility index (Phi) is 4.28. The van der Waals surface area contributed by atoms with Gasteiger partial charge in [-0.05, 0) is 42.5 Å². The van der Waals surface area contributed by atoms with Crippen molar-refractivity contribution in [3.05, 3.63) is 58.3 Å². The lowest BCUT2D eigenvalue weighted by molar-refractivity contribution is -0.391. The number of aromatic nitrogens is 3. The van der Waals surface area contributed by atoms with Gasteiger partial charge < -0.3 is 20.2 Å². The summed E-state index contributed by atoms with van der Waals surface area (Å²) in [4.78, 5) is 14.4. The first-order valence-electron chi connectivity index (χ1n) is 7.51. The number of fused-ring (bicyclic) bond motifs is 1. The van der Waals surface area contributed by atoms with E-state index in [1.807, 2.05) is 38.1 Å². The number of nitrogens with zero attached hydrogens (tertiary/aromatic N) is 4. The highest BCUT2D eigenvalue weighted by Gasteiger charge is 2.15. The van der Waals surface area contributed by atoms with Gasteiger partial charge in [-0.3, -0.25) is 0 Å². The Bertz CT molecular complexity index is 858. The molecule has 3 aromatic rings. The SMILES string of the molecule is CC(C)Oc1ccc(CNc2ccc3ncc([N+](=O)[O-])n3n2)cc1. The van der Waals surface area contributed by atoms with Gasteiger partial charge >= 0.3 is 5.82 Å². The fraction of sp³-hybridized carbons (Fsp3) is 0.250. The molecule has 2 heterocycles. The Labute approximate surface area is 138 Å². The van der Waals surface area contributed by atoms with E-state index in [1.165, 1.54) is 10.7 Å². The van der Waals surface area contributed by atoms with Crippen molar-refractivity contribution in [2.75, 3.05) is 5.32 Å². The molecule has 0 bridgehead atoms. The number of nitro groups is 1.